The topological polar surface area (TPSA) is 21.3 Å². The van der Waals surface area contributed by atoms with Crippen LogP contribution in [0.1, 0.15) is 0 Å². The van der Waals surface area contributed by atoms with Crippen LogP contribution in [0.5, 0.6) is 0 Å². The summed E-state index contributed by atoms with van der Waals surface area (Å²) in [5.74, 6) is 0. The summed E-state index contributed by atoms with van der Waals surface area (Å²) >= 11 is 0. The Morgan fingerprint density at radius 2 is 0.941 bits per heavy atom. The standard InChI is InChI=1S/C48H30N2O/c1-2-12-34(13-3-1)50-44-17-9-8-16-41(44)43-29-36(23-26-45(43)50)49(35-21-24-39-33(28-35)19-18-31-10-4-6-14-38(31)39)37-22-25-42-47(30-37)51-46-27-20-32-11-5-7-15-40(32)48(42)46/h1-30H. The zero-order chi connectivity index (χ0) is 33.5. The van der Waals surface area contributed by atoms with Crippen LogP contribution >= 0.6 is 0 Å². The maximum Gasteiger partial charge on any atom is 0.137 e. The molecule has 0 saturated carbocycles. The highest BCUT2D eigenvalue weighted by Crippen LogP contribution is 2.43. The van der Waals surface area contributed by atoms with E-state index in [0.29, 0.717) is 0 Å². The molecular formula is C48H30N2O. The van der Waals surface area contributed by atoms with Crippen LogP contribution in [-0.4, -0.2) is 4.57 Å². The fourth-order valence-electron chi connectivity index (χ4n) is 8.22. The summed E-state index contributed by atoms with van der Waals surface area (Å²) in [5, 5.41) is 12.1. The molecule has 0 saturated heterocycles. The van der Waals surface area contributed by atoms with Crippen molar-refractivity contribution in [1.82, 2.24) is 4.57 Å². The second kappa shape index (κ2) is 10.8. The Morgan fingerprint density at radius 1 is 0.353 bits per heavy atom. The van der Waals surface area contributed by atoms with Gasteiger partial charge in [-0.1, -0.05) is 109 Å². The summed E-state index contributed by atoms with van der Waals surface area (Å²) in [7, 11) is 0. The van der Waals surface area contributed by atoms with E-state index in [1.807, 2.05) is 0 Å². The van der Waals surface area contributed by atoms with Crippen LogP contribution in [0, 0.1) is 0 Å². The Kier molecular flexibility index (Phi) is 5.96. The molecule has 2 aromatic heterocycles. The Balaban J connectivity index is 1.16. The van der Waals surface area contributed by atoms with E-state index in [0.717, 1.165) is 44.7 Å². The minimum atomic E-state index is 0.873. The lowest BCUT2D eigenvalue weighted by atomic mass is 10.0. The number of anilines is 3. The lowest BCUT2D eigenvalue weighted by molar-refractivity contribution is 0.669. The molecule has 238 valence electrons. The molecule has 0 radical (unpaired) electrons. The smallest absolute Gasteiger partial charge is 0.137 e. The van der Waals surface area contributed by atoms with Crippen molar-refractivity contribution in [3.05, 3.63) is 182 Å². The van der Waals surface area contributed by atoms with Crippen molar-refractivity contribution in [3.8, 4) is 5.69 Å². The van der Waals surface area contributed by atoms with Gasteiger partial charge in [-0.15, -0.1) is 0 Å². The molecular weight excluding hydrogens is 621 g/mol. The zero-order valence-electron chi connectivity index (χ0n) is 27.6. The third kappa shape index (κ3) is 4.25. The number of rotatable bonds is 4. The third-order valence-electron chi connectivity index (χ3n) is 10.5. The van der Waals surface area contributed by atoms with Gasteiger partial charge in [-0.3, -0.25) is 0 Å². The Hall–Kier alpha value is -6.84. The summed E-state index contributed by atoms with van der Waals surface area (Å²) < 4.78 is 8.96. The SMILES string of the molecule is c1ccc(-n2c3ccccc3c3cc(N(c4ccc5c(ccc6ccccc65)c4)c4ccc5c(c4)oc4ccc6ccccc6c45)ccc32)cc1. The molecule has 0 bridgehead atoms. The summed E-state index contributed by atoms with van der Waals surface area (Å²) in [6, 6.07) is 65.6. The Labute approximate surface area is 293 Å². The lowest BCUT2D eigenvalue weighted by Crippen LogP contribution is -2.10. The molecule has 0 N–H and O–H groups in total. The van der Waals surface area contributed by atoms with Crippen molar-refractivity contribution >= 4 is 93.1 Å². The van der Waals surface area contributed by atoms with E-state index >= 15 is 0 Å². The highest BCUT2D eigenvalue weighted by atomic mass is 16.3. The molecule has 0 amide bonds. The number of benzene rings is 9. The van der Waals surface area contributed by atoms with Crippen molar-refractivity contribution in [2.45, 2.75) is 0 Å². The van der Waals surface area contributed by atoms with Crippen LogP contribution in [-0.2, 0) is 0 Å². The lowest BCUT2D eigenvalue weighted by Gasteiger charge is -2.26. The molecule has 0 aliphatic heterocycles. The number of para-hydroxylation sites is 2. The van der Waals surface area contributed by atoms with Crippen molar-refractivity contribution in [3.63, 3.8) is 0 Å². The highest BCUT2D eigenvalue weighted by Gasteiger charge is 2.20. The van der Waals surface area contributed by atoms with Crippen molar-refractivity contribution in [2.75, 3.05) is 4.90 Å². The highest BCUT2D eigenvalue weighted by molar-refractivity contribution is 6.19. The fourth-order valence-corrected chi connectivity index (χ4v) is 8.22. The molecule has 51 heavy (non-hydrogen) atoms. The minimum absolute atomic E-state index is 0.873. The number of hydrogen-bond acceptors (Lipinski definition) is 2. The first-order chi connectivity index (χ1) is 25.3. The van der Waals surface area contributed by atoms with Gasteiger partial charge in [0, 0.05) is 50.4 Å². The molecule has 11 rings (SSSR count). The van der Waals surface area contributed by atoms with Crippen molar-refractivity contribution in [1.29, 1.82) is 0 Å². The number of nitrogens with zero attached hydrogens (tertiary/aromatic N) is 2. The number of furan rings is 1. The van der Waals surface area contributed by atoms with Crippen LogP contribution in [0.25, 0.3) is 81.7 Å². The van der Waals surface area contributed by atoms with E-state index in [-0.39, 0.29) is 0 Å². The van der Waals surface area contributed by atoms with E-state index in [1.165, 1.54) is 54.1 Å². The van der Waals surface area contributed by atoms with Crippen LogP contribution in [0.3, 0.4) is 0 Å². The molecule has 2 heterocycles. The normalized spacial score (nSPS) is 11.9. The predicted molar refractivity (Wildman–Crippen MR) is 215 cm³/mol. The van der Waals surface area contributed by atoms with Gasteiger partial charge in [0.05, 0.1) is 11.0 Å². The van der Waals surface area contributed by atoms with Gasteiger partial charge in [0.2, 0.25) is 0 Å². The summed E-state index contributed by atoms with van der Waals surface area (Å²) in [4.78, 5) is 2.37. The summed E-state index contributed by atoms with van der Waals surface area (Å²) in [6.07, 6.45) is 0. The van der Waals surface area contributed by atoms with E-state index in [2.05, 4.69) is 191 Å². The monoisotopic (exact) mass is 650 g/mol. The van der Waals surface area contributed by atoms with Crippen LogP contribution in [0.4, 0.5) is 17.1 Å². The maximum atomic E-state index is 6.59. The molecule has 11 aromatic rings. The quantitative estimate of drug-likeness (QED) is 0.177. The van der Waals surface area contributed by atoms with Gasteiger partial charge in [0.25, 0.3) is 0 Å². The van der Waals surface area contributed by atoms with Crippen LogP contribution in [0.15, 0.2) is 186 Å². The van der Waals surface area contributed by atoms with Crippen LogP contribution in [0.2, 0.25) is 0 Å². The largest absolute Gasteiger partial charge is 0.456 e. The average molecular weight is 651 g/mol. The molecule has 0 unspecified atom stereocenters. The molecule has 0 aliphatic carbocycles. The van der Waals surface area contributed by atoms with Gasteiger partial charge in [-0.2, -0.15) is 0 Å². The van der Waals surface area contributed by atoms with Gasteiger partial charge in [0.1, 0.15) is 11.2 Å². The van der Waals surface area contributed by atoms with E-state index in [4.69, 9.17) is 4.42 Å². The Morgan fingerprint density at radius 3 is 1.80 bits per heavy atom. The van der Waals surface area contributed by atoms with Gasteiger partial charge in [-0.05, 0) is 99.0 Å². The number of fused-ring (bicyclic) bond motifs is 11. The second-order valence-corrected chi connectivity index (χ2v) is 13.4. The van der Waals surface area contributed by atoms with Crippen LogP contribution < -0.4 is 4.90 Å². The molecule has 0 fully saturated rings. The average Bonchev–Trinajstić information content (AvgIpc) is 3.74. The summed E-state index contributed by atoms with van der Waals surface area (Å²) in [6.45, 7) is 0. The zero-order valence-corrected chi connectivity index (χ0v) is 27.6. The van der Waals surface area contributed by atoms with Gasteiger partial charge in [0.15, 0.2) is 0 Å². The summed E-state index contributed by atoms with van der Waals surface area (Å²) in [5.41, 5.74) is 8.50. The number of hydrogen-bond donors (Lipinski definition) is 0. The second-order valence-electron chi connectivity index (χ2n) is 13.4. The first-order valence-electron chi connectivity index (χ1n) is 17.4. The predicted octanol–water partition coefficient (Wildman–Crippen LogP) is 13.6. The van der Waals surface area contributed by atoms with Crippen molar-refractivity contribution in [2.24, 2.45) is 0 Å². The molecule has 0 atom stereocenters. The fraction of sp³-hybridized carbons (Fsp3) is 0. The first kappa shape index (κ1) is 28.0. The molecule has 0 aliphatic rings. The van der Waals surface area contributed by atoms with E-state index in [1.54, 1.807) is 0 Å². The number of aromatic nitrogens is 1. The van der Waals surface area contributed by atoms with E-state index < -0.39 is 0 Å². The van der Waals surface area contributed by atoms with Crippen molar-refractivity contribution < 1.29 is 4.42 Å². The first-order valence-corrected chi connectivity index (χ1v) is 17.4. The Bertz CT molecular complexity index is 3150. The minimum Gasteiger partial charge on any atom is -0.456 e. The maximum absolute atomic E-state index is 6.59. The van der Waals surface area contributed by atoms with Gasteiger partial charge in [-0.25, -0.2) is 0 Å². The van der Waals surface area contributed by atoms with E-state index in [9.17, 15) is 0 Å². The van der Waals surface area contributed by atoms with Gasteiger partial charge < -0.3 is 13.9 Å². The molecule has 9 aromatic carbocycles. The molecule has 3 heteroatoms. The molecule has 0 spiro atoms. The van der Waals surface area contributed by atoms with Gasteiger partial charge >= 0.3 is 0 Å². The third-order valence-corrected chi connectivity index (χ3v) is 10.5. The molecule has 3 nitrogen and oxygen atoms in total.